The first-order valence-electron chi connectivity index (χ1n) is 8.35. The Morgan fingerprint density at radius 3 is 2.71 bits per heavy atom. The summed E-state index contributed by atoms with van der Waals surface area (Å²) in [6.07, 6.45) is 3.39. The molecule has 3 rings (SSSR count). The molecule has 0 amide bonds. The molecule has 1 aromatic heterocycles. The Kier molecular flexibility index (Phi) is 4.94. The topological polar surface area (TPSA) is 65.2 Å². The van der Waals surface area contributed by atoms with Crippen LogP contribution in [0.4, 0.5) is 4.39 Å². The second kappa shape index (κ2) is 6.82. The SMILES string of the molecule is CC1CC(C)CN(S(=O)(=O)NCCc2c[nH]c3ccc(F)cc23)C1. The zero-order valence-electron chi connectivity index (χ0n) is 14.0. The number of aromatic amines is 1. The minimum absolute atomic E-state index is 0.291. The normalized spacial score (nSPS) is 23.0. The molecule has 0 radical (unpaired) electrons. The van der Waals surface area contributed by atoms with Gasteiger partial charge in [0.2, 0.25) is 0 Å². The van der Waals surface area contributed by atoms with Gasteiger partial charge >= 0.3 is 0 Å². The summed E-state index contributed by atoms with van der Waals surface area (Å²) in [4.78, 5) is 3.08. The molecule has 1 fully saturated rings. The monoisotopic (exact) mass is 353 g/mol. The molecular weight excluding hydrogens is 329 g/mol. The van der Waals surface area contributed by atoms with Crippen LogP contribution in [0.1, 0.15) is 25.8 Å². The van der Waals surface area contributed by atoms with Crippen LogP contribution < -0.4 is 4.72 Å². The van der Waals surface area contributed by atoms with Gasteiger partial charge in [-0.25, -0.2) is 9.11 Å². The van der Waals surface area contributed by atoms with Crippen LogP contribution in [0.15, 0.2) is 24.4 Å². The first kappa shape index (κ1) is 17.4. The van der Waals surface area contributed by atoms with Crippen LogP contribution in [0.5, 0.6) is 0 Å². The lowest BCUT2D eigenvalue weighted by molar-refractivity contribution is 0.220. The van der Waals surface area contributed by atoms with Gasteiger partial charge in [-0.2, -0.15) is 12.7 Å². The van der Waals surface area contributed by atoms with Crippen molar-refractivity contribution in [3.05, 3.63) is 35.8 Å². The second-order valence-corrected chi connectivity index (χ2v) is 8.67. The summed E-state index contributed by atoms with van der Waals surface area (Å²) in [5.74, 6) is 0.462. The summed E-state index contributed by atoms with van der Waals surface area (Å²) in [6.45, 7) is 5.60. The van der Waals surface area contributed by atoms with Crippen molar-refractivity contribution in [2.24, 2.45) is 11.8 Å². The van der Waals surface area contributed by atoms with Crippen molar-refractivity contribution in [2.75, 3.05) is 19.6 Å². The fourth-order valence-electron chi connectivity index (χ4n) is 3.57. The molecule has 1 saturated heterocycles. The molecule has 1 aliphatic heterocycles. The third-order valence-corrected chi connectivity index (χ3v) is 6.13. The summed E-state index contributed by atoms with van der Waals surface area (Å²) in [5, 5.41) is 0.800. The average molecular weight is 353 g/mol. The van der Waals surface area contributed by atoms with Crippen LogP contribution in [0.2, 0.25) is 0 Å². The Morgan fingerprint density at radius 1 is 1.29 bits per heavy atom. The van der Waals surface area contributed by atoms with Gasteiger partial charge in [-0.3, -0.25) is 0 Å². The molecule has 1 aromatic carbocycles. The molecule has 132 valence electrons. The van der Waals surface area contributed by atoms with E-state index in [-0.39, 0.29) is 5.82 Å². The summed E-state index contributed by atoms with van der Waals surface area (Å²) >= 11 is 0. The third kappa shape index (κ3) is 3.79. The van der Waals surface area contributed by atoms with E-state index in [0.29, 0.717) is 37.9 Å². The van der Waals surface area contributed by atoms with E-state index in [1.54, 1.807) is 10.4 Å². The predicted octanol–water partition coefficient (Wildman–Crippen LogP) is 2.66. The maximum absolute atomic E-state index is 13.4. The van der Waals surface area contributed by atoms with Gasteiger partial charge in [-0.1, -0.05) is 13.8 Å². The highest BCUT2D eigenvalue weighted by molar-refractivity contribution is 7.87. The fraction of sp³-hybridized carbons (Fsp3) is 0.529. The number of hydrogen-bond donors (Lipinski definition) is 2. The summed E-state index contributed by atoms with van der Waals surface area (Å²) in [5.41, 5.74) is 1.76. The van der Waals surface area contributed by atoms with E-state index >= 15 is 0 Å². The van der Waals surface area contributed by atoms with Gasteiger partial charge in [0.1, 0.15) is 5.82 Å². The van der Waals surface area contributed by atoms with Gasteiger partial charge in [0.05, 0.1) is 0 Å². The maximum Gasteiger partial charge on any atom is 0.279 e. The number of fused-ring (bicyclic) bond motifs is 1. The highest BCUT2D eigenvalue weighted by Gasteiger charge is 2.30. The summed E-state index contributed by atoms with van der Waals surface area (Å²) in [6, 6.07) is 4.57. The van der Waals surface area contributed by atoms with E-state index in [9.17, 15) is 12.8 Å². The van der Waals surface area contributed by atoms with Crippen molar-refractivity contribution < 1.29 is 12.8 Å². The molecule has 2 aromatic rings. The van der Waals surface area contributed by atoms with Crippen LogP contribution in [0, 0.1) is 17.7 Å². The molecule has 5 nitrogen and oxygen atoms in total. The van der Waals surface area contributed by atoms with Gasteiger partial charge in [-0.15, -0.1) is 0 Å². The maximum atomic E-state index is 13.4. The van der Waals surface area contributed by atoms with E-state index in [2.05, 4.69) is 23.6 Å². The molecule has 2 atom stereocenters. The number of H-pyrrole nitrogens is 1. The molecule has 0 spiro atoms. The molecule has 24 heavy (non-hydrogen) atoms. The van der Waals surface area contributed by atoms with Crippen molar-refractivity contribution in [3.63, 3.8) is 0 Å². The molecule has 0 saturated carbocycles. The first-order valence-corrected chi connectivity index (χ1v) is 9.79. The van der Waals surface area contributed by atoms with Crippen molar-refractivity contribution in [1.29, 1.82) is 0 Å². The molecule has 0 aliphatic carbocycles. The van der Waals surface area contributed by atoms with E-state index in [0.717, 1.165) is 22.9 Å². The average Bonchev–Trinajstić information content (AvgIpc) is 2.88. The fourth-order valence-corrected chi connectivity index (χ4v) is 5.01. The summed E-state index contributed by atoms with van der Waals surface area (Å²) < 4.78 is 42.5. The zero-order chi connectivity index (χ0) is 17.3. The van der Waals surface area contributed by atoms with Crippen LogP contribution in [0.25, 0.3) is 10.9 Å². The first-order chi connectivity index (χ1) is 11.3. The van der Waals surface area contributed by atoms with Gasteiger partial charge in [0.15, 0.2) is 0 Å². The van der Waals surface area contributed by atoms with E-state index in [4.69, 9.17) is 0 Å². The molecule has 0 bridgehead atoms. The zero-order valence-corrected chi connectivity index (χ0v) is 14.9. The predicted molar refractivity (Wildman–Crippen MR) is 93.4 cm³/mol. The van der Waals surface area contributed by atoms with Crippen molar-refractivity contribution >= 4 is 21.1 Å². The Balaban J connectivity index is 1.63. The van der Waals surface area contributed by atoms with E-state index in [1.807, 2.05) is 6.20 Å². The van der Waals surface area contributed by atoms with Crippen LogP contribution in [-0.4, -0.2) is 37.3 Å². The number of halogens is 1. The third-order valence-electron chi connectivity index (χ3n) is 4.58. The molecule has 7 heteroatoms. The highest BCUT2D eigenvalue weighted by Crippen LogP contribution is 2.23. The lowest BCUT2D eigenvalue weighted by Gasteiger charge is -2.33. The number of benzene rings is 1. The smallest absolute Gasteiger partial charge is 0.279 e. The number of rotatable bonds is 5. The second-order valence-electron chi connectivity index (χ2n) is 6.92. The van der Waals surface area contributed by atoms with Gasteiger partial charge in [0, 0.05) is 36.7 Å². The van der Waals surface area contributed by atoms with Crippen molar-refractivity contribution in [2.45, 2.75) is 26.7 Å². The number of nitrogens with zero attached hydrogens (tertiary/aromatic N) is 1. The van der Waals surface area contributed by atoms with E-state index in [1.165, 1.54) is 12.1 Å². The quantitative estimate of drug-likeness (QED) is 0.868. The Labute approximate surface area is 142 Å². The minimum Gasteiger partial charge on any atom is -0.361 e. The van der Waals surface area contributed by atoms with Crippen LogP contribution in [-0.2, 0) is 16.6 Å². The number of nitrogens with one attached hydrogen (secondary N) is 2. The highest BCUT2D eigenvalue weighted by atomic mass is 32.2. The Bertz CT molecular complexity index is 808. The molecule has 2 N–H and O–H groups in total. The number of aromatic nitrogens is 1. The lowest BCUT2D eigenvalue weighted by atomic mass is 9.94. The van der Waals surface area contributed by atoms with Gasteiger partial charge in [-0.05, 0) is 48.4 Å². The molecule has 2 heterocycles. The standard InChI is InChI=1S/C17H24FN3O2S/c1-12-7-13(2)11-21(10-12)24(22,23)20-6-5-14-9-19-17-4-3-15(18)8-16(14)17/h3-4,8-9,12-13,19-20H,5-7,10-11H2,1-2H3. The molecule has 2 unspecified atom stereocenters. The van der Waals surface area contributed by atoms with Crippen LogP contribution >= 0.6 is 0 Å². The summed E-state index contributed by atoms with van der Waals surface area (Å²) in [7, 11) is -3.46. The largest absolute Gasteiger partial charge is 0.361 e. The van der Waals surface area contributed by atoms with Crippen molar-refractivity contribution in [3.8, 4) is 0 Å². The Morgan fingerprint density at radius 2 is 2.00 bits per heavy atom. The molecular formula is C17H24FN3O2S. The lowest BCUT2D eigenvalue weighted by Crippen LogP contribution is -2.48. The number of piperidine rings is 1. The van der Waals surface area contributed by atoms with Gasteiger partial charge in [0.25, 0.3) is 10.2 Å². The van der Waals surface area contributed by atoms with Gasteiger partial charge < -0.3 is 4.98 Å². The van der Waals surface area contributed by atoms with Crippen LogP contribution in [0.3, 0.4) is 0 Å². The van der Waals surface area contributed by atoms with Crippen molar-refractivity contribution in [1.82, 2.24) is 14.0 Å². The Hall–Kier alpha value is -1.44. The molecule has 1 aliphatic rings. The number of hydrogen-bond acceptors (Lipinski definition) is 2. The van der Waals surface area contributed by atoms with E-state index < -0.39 is 10.2 Å². The minimum atomic E-state index is -3.46.